The third-order valence-corrected chi connectivity index (χ3v) is 30.4. The maximum atomic E-state index is 13.2. The molecule has 0 bridgehead atoms. The standard InChI is InChI=1S/4C26H31N7O4/c4*1-27-23-11-19(30-25-16(12-29-33(23)25)26(34)31-18-6-7-21(18)35-2)17-13-32(24-15(17)5-4-9-28-24)20-8-10-37-14-22(20)36-3/h4*4-5,9,11-13,18,20-22,27H,6-8,10,14H2,1-3H3,(H,31,34)/t18?,20-,21-,22-;18-,20+,21-,22+;2*18-,20-,21-,22-/m0010/s1. The van der Waals surface area contributed by atoms with E-state index in [9.17, 15) is 19.2 Å². The summed E-state index contributed by atoms with van der Waals surface area (Å²) < 4.78 is 82.7. The van der Waals surface area contributed by atoms with E-state index in [4.69, 9.17) is 96.7 Å². The van der Waals surface area contributed by atoms with Crippen molar-refractivity contribution in [3.63, 3.8) is 0 Å². The average Bonchev–Trinajstić information content (AvgIpc) is 1.61. The highest BCUT2D eigenvalue weighted by Crippen LogP contribution is 2.43. The molecule has 44 nitrogen and oxygen atoms in total. The average molecular weight is 2020 g/mol. The van der Waals surface area contributed by atoms with E-state index in [1.165, 1.54) is 0 Å². The molecule has 0 aromatic carbocycles. The van der Waals surface area contributed by atoms with E-state index < -0.39 is 0 Å². The number of nitrogens with zero attached hydrogens (tertiary/aromatic N) is 20. The van der Waals surface area contributed by atoms with E-state index >= 15 is 0 Å². The number of aromatic nitrogens is 20. The molecule has 4 amide bonds. The van der Waals surface area contributed by atoms with Gasteiger partial charge >= 0.3 is 0 Å². The van der Waals surface area contributed by atoms with Crippen molar-refractivity contribution in [2.75, 3.05) is 159 Å². The van der Waals surface area contributed by atoms with Crippen LogP contribution < -0.4 is 42.5 Å². The highest BCUT2D eigenvalue weighted by molar-refractivity contribution is 6.05. The first-order chi connectivity index (χ1) is 72.5. The molecular formula is C104H124N28O16. The van der Waals surface area contributed by atoms with Crippen LogP contribution in [0.25, 0.3) is 112 Å². The summed E-state index contributed by atoms with van der Waals surface area (Å²) in [7, 11) is 20.9. The van der Waals surface area contributed by atoms with Crippen molar-refractivity contribution in [2.24, 2.45) is 0 Å². The van der Waals surface area contributed by atoms with Crippen molar-refractivity contribution in [1.29, 1.82) is 0 Å². The summed E-state index contributed by atoms with van der Waals surface area (Å²) in [6.45, 7) is 4.82. The van der Waals surface area contributed by atoms with Gasteiger partial charge in [0.1, 0.15) is 92.5 Å². The molecule has 8 aliphatic rings. The Kier molecular flexibility index (Phi) is 29.5. The molecule has 776 valence electrons. The molecule has 8 N–H and O–H groups in total. The fourth-order valence-electron chi connectivity index (χ4n) is 21.5. The molecule has 4 saturated carbocycles. The number of amides is 4. The lowest BCUT2D eigenvalue weighted by Crippen LogP contribution is -2.51. The molecule has 0 spiro atoms. The number of hydrogen-bond acceptors (Lipinski definition) is 32. The van der Waals surface area contributed by atoms with Gasteiger partial charge in [0.25, 0.3) is 23.6 Å². The van der Waals surface area contributed by atoms with Crippen LogP contribution in [-0.2, 0) is 56.8 Å². The molecule has 16 aromatic rings. The van der Waals surface area contributed by atoms with Gasteiger partial charge in [-0.1, -0.05) is 0 Å². The third kappa shape index (κ3) is 18.9. The smallest absolute Gasteiger partial charge is 0.257 e. The van der Waals surface area contributed by atoms with Crippen LogP contribution in [0.2, 0.25) is 0 Å². The topological polar surface area (TPSA) is 467 Å². The second-order valence-corrected chi connectivity index (χ2v) is 38.1. The maximum Gasteiger partial charge on any atom is 0.257 e. The van der Waals surface area contributed by atoms with Gasteiger partial charge < -0.3 is 118 Å². The summed E-state index contributed by atoms with van der Waals surface area (Å²) in [5, 5.41) is 46.8. The van der Waals surface area contributed by atoms with Crippen molar-refractivity contribution in [2.45, 2.75) is 174 Å². The van der Waals surface area contributed by atoms with Gasteiger partial charge in [0.05, 0.1) is 147 Å². The SMILES string of the molecule is CNc1cc(-c2cn([C@@H]3CCOC[C@H]3OC)c3ncccc23)nc2c(C(=O)N[C@@H]3CC[C@H]3OC)cnn12.CNc1cc(-c2cn([C@@H]3CCOC[C@H]3OC)c3ncccc23)nc2c(C(=O)N[C@H]3CC[C@@H]3OC)cnn12.CNc1cc(-c2cn([C@H]3CCOC[C@@H]3OC)c3ncccc23)nc2c(C(=O)NC3CC[C@@H]3OC)cnn12.CNc1cc(-c2cn([C@H]3CCOC[C@@H]3OC)c3ncccc23)nc2c(C(=O)N[C@H]3CC[C@@H]3OC)cnn12. The quantitative estimate of drug-likeness (QED) is 0.0226. The summed E-state index contributed by atoms with van der Waals surface area (Å²) in [5.74, 6) is 2.08. The minimum Gasteiger partial charge on any atom is -0.379 e. The Balaban J connectivity index is 0.000000116. The number of anilines is 4. The minimum atomic E-state index is -0.206. The Morgan fingerprint density at radius 3 is 0.696 bits per heavy atom. The van der Waals surface area contributed by atoms with E-state index in [2.05, 4.69) is 106 Å². The molecule has 16 aromatic heterocycles. The molecule has 8 fully saturated rings. The zero-order chi connectivity index (χ0) is 102. The number of nitrogens with one attached hydrogen (secondary N) is 8. The molecule has 148 heavy (non-hydrogen) atoms. The van der Waals surface area contributed by atoms with E-state index in [0.29, 0.717) is 97.7 Å². The summed E-state index contributed by atoms with van der Waals surface area (Å²) in [6.07, 6.45) is 32.3. The number of pyridine rings is 4. The van der Waals surface area contributed by atoms with Gasteiger partial charge in [0, 0.05) is 229 Å². The predicted molar refractivity (Wildman–Crippen MR) is 551 cm³/mol. The molecule has 4 aliphatic heterocycles. The molecule has 1 unspecified atom stereocenters. The van der Waals surface area contributed by atoms with Gasteiger partial charge in [-0.15, -0.1) is 0 Å². The fourth-order valence-corrected chi connectivity index (χ4v) is 21.5. The number of ether oxygens (including phenoxy) is 12. The summed E-state index contributed by atoms with van der Waals surface area (Å²) in [6, 6.07) is 24.0. The zero-order valence-corrected chi connectivity index (χ0v) is 84.7. The molecule has 4 aliphatic carbocycles. The van der Waals surface area contributed by atoms with Crippen molar-refractivity contribution in [3.8, 4) is 45.0 Å². The molecule has 4 saturated heterocycles. The van der Waals surface area contributed by atoms with Gasteiger partial charge in [-0.2, -0.15) is 38.5 Å². The summed E-state index contributed by atoms with van der Waals surface area (Å²) in [5.41, 5.74) is 13.7. The highest BCUT2D eigenvalue weighted by Gasteiger charge is 2.41. The van der Waals surface area contributed by atoms with Crippen molar-refractivity contribution in [3.05, 3.63) is 169 Å². The number of rotatable bonds is 28. The monoisotopic (exact) mass is 2020 g/mol. The lowest BCUT2D eigenvalue weighted by atomic mass is 9.89. The largest absolute Gasteiger partial charge is 0.379 e. The molecule has 24 rings (SSSR count). The lowest BCUT2D eigenvalue weighted by molar-refractivity contribution is -0.0592. The van der Waals surface area contributed by atoms with Crippen LogP contribution >= 0.6 is 0 Å². The van der Waals surface area contributed by atoms with Crippen LogP contribution in [0.3, 0.4) is 0 Å². The third-order valence-electron chi connectivity index (χ3n) is 30.4. The van der Waals surface area contributed by atoms with Crippen LogP contribution in [0.15, 0.2) is 147 Å². The lowest BCUT2D eigenvalue weighted by Gasteiger charge is -2.35. The number of fused-ring (bicyclic) bond motifs is 8. The Hall–Kier alpha value is -14.2. The molecule has 16 atom stereocenters. The van der Waals surface area contributed by atoms with E-state index in [0.717, 1.165) is 189 Å². The van der Waals surface area contributed by atoms with Gasteiger partial charge in [-0.05, 0) is 126 Å². The van der Waals surface area contributed by atoms with Crippen molar-refractivity contribution < 1.29 is 76.0 Å². The van der Waals surface area contributed by atoms with Crippen LogP contribution in [0.4, 0.5) is 23.3 Å². The van der Waals surface area contributed by atoms with E-state index in [-0.39, 0.29) is 121 Å². The number of methoxy groups -OCH3 is 8. The minimum absolute atomic E-state index is 0.00310. The van der Waals surface area contributed by atoms with Gasteiger partial charge in [-0.25, -0.2) is 39.9 Å². The zero-order valence-electron chi connectivity index (χ0n) is 84.7. The molecule has 0 radical (unpaired) electrons. The maximum absolute atomic E-state index is 13.2. The van der Waals surface area contributed by atoms with E-state index in [1.807, 2.05) is 101 Å². The van der Waals surface area contributed by atoms with Crippen LogP contribution in [-0.4, -0.2) is 331 Å². The van der Waals surface area contributed by atoms with Crippen LogP contribution in [0.1, 0.15) is 143 Å². The van der Waals surface area contributed by atoms with Gasteiger partial charge in [0.15, 0.2) is 22.6 Å². The second-order valence-electron chi connectivity index (χ2n) is 38.1. The number of carbonyl (C=O) groups excluding carboxylic acids is 4. The normalized spacial score (nSPS) is 23.8. The summed E-state index contributed by atoms with van der Waals surface area (Å²) in [4.78, 5) is 91.4. The first-order valence-electron chi connectivity index (χ1n) is 50.4. The molecule has 20 heterocycles. The Morgan fingerprint density at radius 2 is 0.507 bits per heavy atom. The van der Waals surface area contributed by atoms with Crippen molar-refractivity contribution in [1.82, 2.24) is 118 Å². The Bertz CT molecular complexity index is 6650. The summed E-state index contributed by atoms with van der Waals surface area (Å²) >= 11 is 0. The Labute approximate surface area is 851 Å². The highest BCUT2D eigenvalue weighted by atomic mass is 16.5. The van der Waals surface area contributed by atoms with Gasteiger partial charge in [-0.3, -0.25) is 19.2 Å². The number of hydrogen-bond donors (Lipinski definition) is 8. The van der Waals surface area contributed by atoms with Crippen LogP contribution in [0, 0.1) is 0 Å². The number of carbonyl (C=O) groups is 4. The first-order valence-corrected chi connectivity index (χ1v) is 50.4. The molecular weight excluding hydrogens is 1900 g/mol. The molecule has 44 heteroatoms. The fraction of sp³-hybridized carbons (Fsp3) is 0.462. The predicted octanol–water partition coefficient (Wildman–Crippen LogP) is 10.7. The van der Waals surface area contributed by atoms with Crippen LogP contribution in [0.5, 0.6) is 0 Å². The van der Waals surface area contributed by atoms with Crippen molar-refractivity contribution >= 4 is 114 Å². The Morgan fingerprint density at radius 1 is 0.291 bits per heavy atom. The second kappa shape index (κ2) is 43.7. The van der Waals surface area contributed by atoms with E-state index in [1.54, 1.807) is 125 Å². The first kappa shape index (κ1) is 99.8. The van der Waals surface area contributed by atoms with Gasteiger partial charge in [0.2, 0.25) is 0 Å².